The second kappa shape index (κ2) is 7.22. The Bertz CT molecular complexity index is 861. The average Bonchev–Trinajstić information content (AvgIpc) is 2.55. The zero-order valence-electron chi connectivity index (χ0n) is 12.8. The Morgan fingerprint density at radius 3 is 2.42 bits per heavy atom. The van der Waals surface area contributed by atoms with Crippen molar-refractivity contribution in [3.05, 3.63) is 69.8 Å². The predicted molar refractivity (Wildman–Crippen MR) is 86.4 cm³/mol. The molecule has 0 saturated carbocycles. The summed E-state index contributed by atoms with van der Waals surface area (Å²) in [7, 11) is -3.73. The third-order valence-corrected chi connectivity index (χ3v) is 4.92. The number of nitrogens with zero attached hydrogens (tertiary/aromatic N) is 1. The molecule has 0 spiro atoms. The summed E-state index contributed by atoms with van der Waals surface area (Å²) < 4.78 is 29.6. The van der Waals surface area contributed by atoms with Crippen molar-refractivity contribution in [2.75, 3.05) is 6.61 Å². The van der Waals surface area contributed by atoms with E-state index in [2.05, 4.69) is 0 Å². The van der Waals surface area contributed by atoms with E-state index in [4.69, 9.17) is 4.74 Å². The summed E-state index contributed by atoms with van der Waals surface area (Å²) in [6.07, 6.45) is 0. The lowest BCUT2D eigenvalue weighted by atomic mass is 10.1. The third-order valence-electron chi connectivity index (χ3n) is 3.24. The van der Waals surface area contributed by atoms with E-state index in [0.717, 1.165) is 6.07 Å². The molecule has 0 aliphatic carbocycles. The highest BCUT2D eigenvalue weighted by Crippen LogP contribution is 2.25. The first kappa shape index (κ1) is 17.6. The van der Waals surface area contributed by atoms with Crippen LogP contribution in [0.5, 0.6) is 0 Å². The van der Waals surface area contributed by atoms with Crippen LogP contribution in [0.25, 0.3) is 0 Å². The number of nitro benzene ring substituents is 1. The van der Waals surface area contributed by atoms with Crippen molar-refractivity contribution in [1.82, 2.24) is 0 Å². The van der Waals surface area contributed by atoms with Crippen LogP contribution in [0.1, 0.15) is 22.8 Å². The minimum Gasteiger partial charge on any atom is -0.462 e. The molecule has 0 amide bonds. The molecule has 0 bridgehead atoms. The number of nitro groups is 1. The molecular formula is C16H15NO6S. The molecule has 8 heteroatoms. The second-order valence-corrected chi connectivity index (χ2v) is 6.88. The molecule has 0 aromatic heterocycles. The van der Waals surface area contributed by atoms with Gasteiger partial charge in [0.15, 0.2) is 9.84 Å². The monoisotopic (exact) mass is 349 g/mol. The summed E-state index contributed by atoms with van der Waals surface area (Å²) in [6.45, 7) is 1.75. The summed E-state index contributed by atoms with van der Waals surface area (Å²) in [5.74, 6) is -1.23. The van der Waals surface area contributed by atoms with Crippen LogP contribution in [0.15, 0.2) is 53.4 Å². The molecule has 0 aliphatic rings. The molecule has 24 heavy (non-hydrogen) atoms. The van der Waals surface area contributed by atoms with Crippen molar-refractivity contribution in [2.45, 2.75) is 17.6 Å². The number of rotatable bonds is 6. The van der Waals surface area contributed by atoms with Gasteiger partial charge in [-0.25, -0.2) is 13.2 Å². The Hall–Kier alpha value is -2.74. The van der Waals surface area contributed by atoms with Gasteiger partial charge in [-0.3, -0.25) is 10.1 Å². The Morgan fingerprint density at radius 2 is 1.83 bits per heavy atom. The third kappa shape index (κ3) is 3.96. The quantitative estimate of drug-likeness (QED) is 0.451. The number of sulfone groups is 1. The lowest BCUT2D eigenvalue weighted by Crippen LogP contribution is -2.09. The molecule has 2 aromatic rings. The number of hydrogen-bond acceptors (Lipinski definition) is 6. The number of esters is 1. The van der Waals surface area contributed by atoms with Crippen LogP contribution in [0.3, 0.4) is 0 Å². The van der Waals surface area contributed by atoms with Gasteiger partial charge in [-0.15, -0.1) is 0 Å². The Labute approximate surface area is 139 Å². The van der Waals surface area contributed by atoms with Gasteiger partial charge in [0, 0.05) is 11.6 Å². The lowest BCUT2D eigenvalue weighted by Gasteiger charge is -2.07. The fourth-order valence-corrected chi connectivity index (χ4v) is 3.51. The summed E-state index contributed by atoms with van der Waals surface area (Å²) in [4.78, 5) is 22.3. The maximum atomic E-state index is 12.4. The number of carbonyl (C=O) groups is 1. The number of hydrogen-bond donors (Lipinski definition) is 0. The molecule has 0 N–H and O–H groups in total. The van der Waals surface area contributed by atoms with Crippen LogP contribution in [0.4, 0.5) is 5.69 Å². The van der Waals surface area contributed by atoms with E-state index in [9.17, 15) is 23.3 Å². The number of carbonyl (C=O) groups excluding carboxylic acids is 1. The molecule has 2 rings (SSSR count). The van der Waals surface area contributed by atoms with E-state index in [-0.39, 0.29) is 22.6 Å². The van der Waals surface area contributed by atoms with Gasteiger partial charge in [-0.2, -0.15) is 0 Å². The molecule has 0 radical (unpaired) electrons. The van der Waals surface area contributed by atoms with Crippen LogP contribution >= 0.6 is 0 Å². The van der Waals surface area contributed by atoms with E-state index < -0.39 is 32.2 Å². The van der Waals surface area contributed by atoms with Gasteiger partial charge in [-0.05, 0) is 25.1 Å². The number of benzene rings is 2. The van der Waals surface area contributed by atoms with Crippen LogP contribution in [-0.4, -0.2) is 25.9 Å². The first-order valence-electron chi connectivity index (χ1n) is 7.07. The van der Waals surface area contributed by atoms with E-state index >= 15 is 0 Å². The minimum atomic E-state index is -3.73. The van der Waals surface area contributed by atoms with Crippen LogP contribution in [0.2, 0.25) is 0 Å². The van der Waals surface area contributed by atoms with E-state index in [0.29, 0.717) is 0 Å². The molecule has 0 atom stereocenters. The van der Waals surface area contributed by atoms with Crippen LogP contribution < -0.4 is 0 Å². The largest absolute Gasteiger partial charge is 0.462 e. The molecule has 7 nitrogen and oxygen atoms in total. The van der Waals surface area contributed by atoms with Gasteiger partial charge >= 0.3 is 5.97 Å². The average molecular weight is 349 g/mol. The van der Waals surface area contributed by atoms with Gasteiger partial charge in [0.2, 0.25) is 0 Å². The Kier molecular flexibility index (Phi) is 5.30. The van der Waals surface area contributed by atoms with Crippen molar-refractivity contribution in [3.8, 4) is 0 Å². The van der Waals surface area contributed by atoms with Gasteiger partial charge in [0.05, 0.1) is 27.7 Å². The van der Waals surface area contributed by atoms with Gasteiger partial charge in [0.1, 0.15) is 0 Å². The van der Waals surface area contributed by atoms with E-state index in [1.54, 1.807) is 25.1 Å². The van der Waals surface area contributed by atoms with Crippen molar-refractivity contribution >= 4 is 21.5 Å². The fraction of sp³-hybridized carbons (Fsp3) is 0.188. The highest BCUT2D eigenvalue weighted by molar-refractivity contribution is 7.90. The highest BCUT2D eigenvalue weighted by atomic mass is 32.2. The fourth-order valence-electron chi connectivity index (χ4n) is 2.11. The molecule has 0 heterocycles. The first-order chi connectivity index (χ1) is 11.3. The normalized spacial score (nSPS) is 11.0. The van der Waals surface area contributed by atoms with Gasteiger partial charge in [0.25, 0.3) is 5.69 Å². The smallest absolute Gasteiger partial charge is 0.338 e. The molecule has 0 fully saturated rings. The van der Waals surface area contributed by atoms with Gasteiger partial charge < -0.3 is 4.74 Å². The number of ether oxygens (including phenoxy) is 1. The van der Waals surface area contributed by atoms with Crippen molar-refractivity contribution in [3.63, 3.8) is 0 Å². The predicted octanol–water partition coefficient (Wildman–Crippen LogP) is 2.75. The molecule has 0 unspecified atom stereocenters. The van der Waals surface area contributed by atoms with Crippen LogP contribution in [0, 0.1) is 10.1 Å². The molecule has 126 valence electrons. The lowest BCUT2D eigenvalue weighted by molar-refractivity contribution is -0.385. The van der Waals surface area contributed by atoms with E-state index in [1.807, 2.05) is 0 Å². The molecule has 2 aromatic carbocycles. The molecule has 0 aliphatic heterocycles. The summed E-state index contributed by atoms with van der Waals surface area (Å²) in [5, 5.41) is 11.2. The Balaban J connectivity index is 2.40. The highest BCUT2D eigenvalue weighted by Gasteiger charge is 2.23. The topological polar surface area (TPSA) is 104 Å². The zero-order valence-corrected chi connectivity index (χ0v) is 13.7. The van der Waals surface area contributed by atoms with Crippen molar-refractivity contribution in [2.24, 2.45) is 0 Å². The second-order valence-electron chi connectivity index (χ2n) is 4.89. The Morgan fingerprint density at radius 1 is 1.17 bits per heavy atom. The van der Waals surface area contributed by atoms with Crippen molar-refractivity contribution < 1.29 is 22.9 Å². The molecule has 0 saturated heterocycles. The summed E-state index contributed by atoms with van der Waals surface area (Å²) in [5.41, 5.74) is -0.415. The standard InChI is InChI=1S/C16H15NO6S/c1-2-23-16(18)12-8-9-13(15(10-12)17(19)20)11-24(21,22)14-6-4-3-5-7-14/h3-10H,2,11H2,1H3. The van der Waals surface area contributed by atoms with Crippen molar-refractivity contribution in [1.29, 1.82) is 0 Å². The summed E-state index contributed by atoms with van der Waals surface area (Å²) >= 11 is 0. The SMILES string of the molecule is CCOC(=O)c1ccc(CS(=O)(=O)c2ccccc2)c([N+](=O)[O-])c1. The maximum absolute atomic E-state index is 12.4. The molecular weight excluding hydrogens is 334 g/mol. The summed E-state index contributed by atoms with van der Waals surface area (Å²) in [6, 6.07) is 11.3. The van der Waals surface area contributed by atoms with Crippen LogP contribution in [-0.2, 0) is 20.3 Å². The van der Waals surface area contributed by atoms with E-state index in [1.165, 1.54) is 24.3 Å². The maximum Gasteiger partial charge on any atom is 0.338 e. The zero-order chi connectivity index (χ0) is 17.7. The first-order valence-corrected chi connectivity index (χ1v) is 8.72. The minimum absolute atomic E-state index is 0.00408. The van der Waals surface area contributed by atoms with Gasteiger partial charge in [-0.1, -0.05) is 24.3 Å².